The molecule has 174 valence electrons. The van der Waals surface area contributed by atoms with E-state index in [2.05, 4.69) is 21.9 Å². The highest BCUT2D eigenvalue weighted by molar-refractivity contribution is 7.92. The predicted molar refractivity (Wildman–Crippen MR) is 126 cm³/mol. The van der Waals surface area contributed by atoms with Gasteiger partial charge in [-0.15, -0.1) is 0 Å². The van der Waals surface area contributed by atoms with Crippen LogP contribution in [-0.4, -0.2) is 33.0 Å². The third-order valence-electron chi connectivity index (χ3n) is 4.80. The van der Waals surface area contributed by atoms with Crippen LogP contribution in [0.1, 0.15) is 35.7 Å². The van der Waals surface area contributed by atoms with Crippen LogP contribution < -0.4 is 19.5 Å². The number of amides is 1. The number of carbonyl (C=O) groups excluding carboxylic acids is 1. The lowest BCUT2D eigenvalue weighted by atomic mass is 10.2. The molecule has 0 saturated heterocycles. The van der Waals surface area contributed by atoms with E-state index in [9.17, 15) is 13.2 Å². The maximum Gasteiger partial charge on any atom is 0.261 e. The van der Waals surface area contributed by atoms with E-state index in [1.165, 1.54) is 31.4 Å². The lowest BCUT2D eigenvalue weighted by molar-refractivity contribution is 0.0950. The maximum absolute atomic E-state index is 12.6. The molecule has 1 amide bonds. The average molecular weight is 470 g/mol. The molecule has 2 aromatic carbocycles. The van der Waals surface area contributed by atoms with E-state index in [1.54, 1.807) is 36.5 Å². The fourth-order valence-corrected chi connectivity index (χ4v) is 4.00. The number of aromatic nitrogens is 1. The van der Waals surface area contributed by atoms with Gasteiger partial charge in [-0.25, -0.2) is 13.4 Å². The third kappa shape index (κ3) is 6.69. The summed E-state index contributed by atoms with van der Waals surface area (Å²) in [5, 5.41) is 2.82. The minimum Gasteiger partial charge on any atom is -0.497 e. The van der Waals surface area contributed by atoms with Crippen molar-refractivity contribution in [2.24, 2.45) is 0 Å². The smallest absolute Gasteiger partial charge is 0.261 e. The maximum atomic E-state index is 12.6. The first-order valence-corrected chi connectivity index (χ1v) is 12.0. The van der Waals surface area contributed by atoms with Crippen LogP contribution in [-0.2, 0) is 16.6 Å². The molecule has 0 atom stereocenters. The number of ether oxygens (including phenoxy) is 2. The van der Waals surface area contributed by atoms with E-state index in [1.807, 2.05) is 6.07 Å². The standard InChI is InChI=1S/C24H27N3O5S/c1-3-4-16-32-24-19(6-5-15-25-24)17-26-23(28)18-7-13-22(14-8-18)33(29,30)27-20-9-11-21(31-2)12-10-20/h5-15,27H,3-4,16-17H2,1-2H3,(H,26,28). The number of carbonyl (C=O) groups is 1. The zero-order valence-corrected chi connectivity index (χ0v) is 19.4. The molecule has 0 aliphatic carbocycles. The molecule has 1 aromatic heterocycles. The molecule has 0 spiro atoms. The summed E-state index contributed by atoms with van der Waals surface area (Å²) in [5.41, 5.74) is 1.52. The molecular formula is C24H27N3O5S. The SMILES string of the molecule is CCCCOc1ncccc1CNC(=O)c1ccc(S(=O)(=O)Nc2ccc(OC)cc2)cc1. The Labute approximate surface area is 194 Å². The monoisotopic (exact) mass is 469 g/mol. The Morgan fingerprint density at radius 1 is 1.03 bits per heavy atom. The van der Waals surface area contributed by atoms with Crippen LogP contribution in [0.4, 0.5) is 5.69 Å². The van der Waals surface area contributed by atoms with E-state index in [0.29, 0.717) is 29.5 Å². The molecule has 9 heteroatoms. The first kappa shape index (κ1) is 24.1. The molecule has 33 heavy (non-hydrogen) atoms. The van der Waals surface area contributed by atoms with E-state index in [0.717, 1.165) is 18.4 Å². The van der Waals surface area contributed by atoms with Gasteiger partial charge in [0, 0.05) is 29.6 Å². The van der Waals surface area contributed by atoms with Gasteiger partial charge >= 0.3 is 0 Å². The van der Waals surface area contributed by atoms with Gasteiger partial charge in [-0.2, -0.15) is 0 Å². The van der Waals surface area contributed by atoms with Gasteiger partial charge in [0.25, 0.3) is 15.9 Å². The van der Waals surface area contributed by atoms with Gasteiger partial charge in [0.15, 0.2) is 0 Å². The topological polar surface area (TPSA) is 107 Å². The molecule has 3 rings (SSSR count). The summed E-state index contributed by atoms with van der Waals surface area (Å²) >= 11 is 0. The first-order chi connectivity index (χ1) is 15.9. The molecule has 0 saturated carbocycles. The fourth-order valence-electron chi connectivity index (χ4n) is 2.94. The number of pyridine rings is 1. The summed E-state index contributed by atoms with van der Waals surface area (Å²) in [4.78, 5) is 16.8. The number of sulfonamides is 1. The zero-order chi connectivity index (χ0) is 23.7. The highest BCUT2D eigenvalue weighted by atomic mass is 32.2. The van der Waals surface area contributed by atoms with Crippen LogP contribution in [0.5, 0.6) is 11.6 Å². The van der Waals surface area contributed by atoms with Crippen molar-refractivity contribution in [1.82, 2.24) is 10.3 Å². The molecule has 8 nitrogen and oxygen atoms in total. The molecule has 0 unspecified atom stereocenters. The first-order valence-electron chi connectivity index (χ1n) is 10.5. The number of hydrogen-bond acceptors (Lipinski definition) is 6. The van der Waals surface area contributed by atoms with Crippen molar-refractivity contribution < 1.29 is 22.7 Å². The molecule has 0 radical (unpaired) electrons. The molecular weight excluding hydrogens is 442 g/mol. The number of nitrogens with one attached hydrogen (secondary N) is 2. The number of rotatable bonds is 11. The van der Waals surface area contributed by atoms with Gasteiger partial charge in [-0.05, 0) is 61.0 Å². The summed E-state index contributed by atoms with van der Waals surface area (Å²) in [7, 11) is -2.26. The van der Waals surface area contributed by atoms with Crippen LogP contribution in [0.3, 0.4) is 0 Å². The zero-order valence-electron chi connectivity index (χ0n) is 18.6. The second-order valence-corrected chi connectivity index (χ2v) is 8.89. The molecule has 0 fully saturated rings. The van der Waals surface area contributed by atoms with Crippen molar-refractivity contribution >= 4 is 21.6 Å². The minimum absolute atomic E-state index is 0.0498. The normalized spacial score (nSPS) is 11.0. The highest BCUT2D eigenvalue weighted by Crippen LogP contribution is 2.20. The molecule has 0 aliphatic heterocycles. The fraction of sp³-hybridized carbons (Fsp3) is 0.250. The van der Waals surface area contributed by atoms with Gasteiger partial charge in [0.05, 0.1) is 18.6 Å². The Balaban J connectivity index is 1.62. The molecule has 3 aromatic rings. The number of nitrogens with zero attached hydrogens (tertiary/aromatic N) is 1. The van der Waals surface area contributed by atoms with Crippen molar-refractivity contribution in [3.05, 3.63) is 78.0 Å². The lowest BCUT2D eigenvalue weighted by Gasteiger charge is -2.11. The Morgan fingerprint density at radius 3 is 2.42 bits per heavy atom. The number of hydrogen-bond donors (Lipinski definition) is 2. The van der Waals surface area contributed by atoms with Crippen LogP contribution in [0.15, 0.2) is 71.8 Å². The van der Waals surface area contributed by atoms with Crippen molar-refractivity contribution in [1.29, 1.82) is 0 Å². The Morgan fingerprint density at radius 2 is 1.76 bits per heavy atom. The largest absolute Gasteiger partial charge is 0.497 e. The van der Waals surface area contributed by atoms with Crippen LogP contribution in [0.25, 0.3) is 0 Å². The summed E-state index contributed by atoms with van der Waals surface area (Å²) in [6.07, 6.45) is 3.58. The molecule has 0 bridgehead atoms. The van der Waals surface area contributed by atoms with Gasteiger partial charge < -0.3 is 14.8 Å². The number of benzene rings is 2. The average Bonchev–Trinajstić information content (AvgIpc) is 2.83. The number of methoxy groups -OCH3 is 1. The second kappa shape index (κ2) is 11.3. The molecule has 1 heterocycles. The third-order valence-corrected chi connectivity index (χ3v) is 6.19. The second-order valence-electron chi connectivity index (χ2n) is 7.21. The van der Waals surface area contributed by atoms with Gasteiger partial charge in [0.1, 0.15) is 5.75 Å². The summed E-state index contributed by atoms with van der Waals surface area (Å²) in [5.74, 6) is 0.793. The van der Waals surface area contributed by atoms with Crippen LogP contribution in [0, 0.1) is 0 Å². The van der Waals surface area contributed by atoms with Gasteiger partial charge in [-0.3, -0.25) is 9.52 Å². The highest BCUT2D eigenvalue weighted by Gasteiger charge is 2.16. The van der Waals surface area contributed by atoms with Crippen molar-refractivity contribution in [2.75, 3.05) is 18.4 Å². The Bertz CT molecular complexity index is 1160. The minimum atomic E-state index is -3.79. The summed E-state index contributed by atoms with van der Waals surface area (Å²) in [6, 6.07) is 15.9. The number of unbranched alkanes of at least 4 members (excludes halogenated alkanes) is 1. The van der Waals surface area contributed by atoms with Crippen molar-refractivity contribution in [2.45, 2.75) is 31.2 Å². The number of anilines is 1. The van der Waals surface area contributed by atoms with E-state index < -0.39 is 10.0 Å². The van der Waals surface area contributed by atoms with E-state index in [-0.39, 0.29) is 17.3 Å². The quantitative estimate of drug-likeness (QED) is 0.411. The van der Waals surface area contributed by atoms with Crippen LogP contribution >= 0.6 is 0 Å². The molecule has 0 aliphatic rings. The van der Waals surface area contributed by atoms with Crippen molar-refractivity contribution in [3.63, 3.8) is 0 Å². The summed E-state index contributed by atoms with van der Waals surface area (Å²) < 4.78 is 38.5. The summed E-state index contributed by atoms with van der Waals surface area (Å²) in [6.45, 7) is 2.89. The predicted octanol–water partition coefficient (Wildman–Crippen LogP) is 4.00. The van der Waals surface area contributed by atoms with Gasteiger partial charge in [-0.1, -0.05) is 19.4 Å². The van der Waals surface area contributed by atoms with Crippen LogP contribution in [0.2, 0.25) is 0 Å². The molecule has 2 N–H and O–H groups in total. The Hall–Kier alpha value is -3.59. The van der Waals surface area contributed by atoms with E-state index >= 15 is 0 Å². The lowest BCUT2D eigenvalue weighted by Crippen LogP contribution is -2.23. The Kier molecular flexibility index (Phi) is 8.26. The van der Waals surface area contributed by atoms with Gasteiger partial charge in [0.2, 0.25) is 5.88 Å². The van der Waals surface area contributed by atoms with E-state index in [4.69, 9.17) is 9.47 Å². The van der Waals surface area contributed by atoms with Crippen molar-refractivity contribution in [3.8, 4) is 11.6 Å².